The molecule has 1 heterocycles. The van der Waals surface area contributed by atoms with Crippen LogP contribution in [0.3, 0.4) is 0 Å². The highest BCUT2D eigenvalue weighted by Crippen LogP contribution is 2.34. The van der Waals surface area contributed by atoms with Gasteiger partial charge < -0.3 is 26.0 Å². The number of para-hydroxylation sites is 1. The van der Waals surface area contributed by atoms with Crippen LogP contribution in [-0.4, -0.2) is 57.2 Å². The molecule has 0 spiro atoms. The maximum atomic E-state index is 13.2. The highest BCUT2D eigenvalue weighted by molar-refractivity contribution is 5.89. The number of allylic oxidation sites excluding steroid dienone is 1. The zero-order chi connectivity index (χ0) is 27.2. The SMILES string of the molecule is CC(C)C.CCC(C)C1NCCOc2ccccc2CCCNC(=O)CNC(=O)C(NC)C1=C1CCC1. The Morgan fingerprint density at radius 3 is 2.32 bits per heavy atom. The quantitative estimate of drug-likeness (QED) is 0.458. The Hall–Kier alpha value is -2.38. The van der Waals surface area contributed by atoms with Gasteiger partial charge in [0.15, 0.2) is 0 Å². The van der Waals surface area contributed by atoms with E-state index in [1.807, 2.05) is 25.2 Å². The van der Waals surface area contributed by atoms with Crippen LogP contribution in [0.25, 0.3) is 0 Å². The molecule has 2 aliphatic rings. The number of aryl methyl sites for hydroxylation is 1. The van der Waals surface area contributed by atoms with Crippen molar-refractivity contribution < 1.29 is 14.3 Å². The molecule has 0 radical (unpaired) electrons. The fraction of sp³-hybridized carbons (Fsp3) is 0.667. The highest BCUT2D eigenvalue weighted by atomic mass is 16.5. The number of hydrogen-bond donors (Lipinski definition) is 4. The first kappa shape index (κ1) is 30.8. The highest BCUT2D eigenvalue weighted by Gasteiger charge is 2.34. The Morgan fingerprint density at radius 1 is 1.00 bits per heavy atom. The summed E-state index contributed by atoms with van der Waals surface area (Å²) in [4.78, 5) is 25.5. The number of hydrogen-bond acceptors (Lipinski definition) is 5. The smallest absolute Gasteiger partial charge is 0.241 e. The Balaban J connectivity index is 0.00000112. The van der Waals surface area contributed by atoms with E-state index in [0.717, 1.165) is 61.3 Å². The van der Waals surface area contributed by atoms with E-state index < -0.39 is 6.04 Å². The summed E-state index contributed by atoms with van der Waals surface area (Å²) >= 11 is 0. The first-order valence-corrected chi connectivity index (χ1v) is 14.2. The van der Waals surface area contributed by atoms with E-state index in [0.29, 0.717) is 25.6 Å². The minimum absolute atomic E-state index is 0.0131. The van der Waals surface area contributed by atoms with Crippen LogP contribution in [-0.2, 0) is 16.0 Å². The average Bonchev–Trinajstić information content (AvgIpc) is 2.84. The van der Waals surface area contributed by atoms with Crippen LogP contribution in [0.1, 0.15) is 72.3 Å². The van der Waals surface area contributed by atoms with Crippen LogP contribution in [0, 0.1) is 11.8 Å². The van der Waals surface area contributed by atoms with Crippen LogP contribution >= 0.6 is 0 Å². The number of rotatable bonds is 3. The van der Waals surface area contributed by atoms with Crippen molar-refractivity contribution in [3.8, 4) is 5.75 Å². The molecule has 208 valence electrons. The van der Waals surface area contributed by atoms with Crippen molar-refractivity contribution in [2.75, 3.05) is 33.3 Å². The zero-order valence-electron chi connectivity index (χ0n) is 23.9. The summed E-state index contributed by atoms with van der Waals surface area (Å²) < 4.78 is 6.15. The first-order valence-electron chi connectivity index (χ1n) is 14.2. The van der Waals surface area contributed by atoms with Gasteiger partial charge in [-0.1, -0.05) is 64.8 Å². The van der Waals surface area contributed by atoms with Gasteiger partial charge >= 0.3 is 0 Å². The second-order valence-electron chi connectivity index (χ2n) is 10.8. The standard InChI is InChI=1S/C26H40N4O3.C4H10/c1-4-18(2)24-23(20-10-7-11-20)25(27-3)26(32)30-17-22(31)28-14-8-12-19-9-5-6-13-21(19)33-16-15-29-24;1-4(2)3/h5-6,9,13,18,24-25,27,29H,4,7-8,10-12,14-17H2,1-3H3,(H,28,31)(H,30,32);4H,1-3H3. The lowest BCUT2D eigenvalue weighted by atomic mass is 9.78. The normalized spacial score (nSPS) is 22.8. The monoisotopic (exact) mass is 514 g/mol. The van der Waals surface area contributed by atoms with E-state index in [4.69, 9.17) is 4.74 Å². The second-order valence-corrected chi connectivity index (χ2v) is 10.8. The molecule has 3 atom stereocenters. The fourth-order valence-electron chi connectivity index (χ4n) is 4.59. The molecule has 7 nitrogen and oxygen atoms in total. The first-order chi connectivity index (χ1) is 17.8. The predicted octanol–water partition coefficient (Wildman–Crippen LogP) is 3.98. The van der Waals surface area contributed by atoms with Gasteiger partial charge in [0, 0.05) is 19.1 Å². The topological polar surface area (TPSA) is 91.5 Å². The van der Waals surface area contributed by atoms with E-state index in [2.05, 4.69) is 62.0 Å². The number of benzene rings is 1. The molecule has 1 aliphatic carbocycles. The summed E-state index contributed by atoms with van der Waals surface area (Å²) in [5, 5.41) is 12.7. The molecule has 1 aromatic carbocycles. The summed E-state index contributed by atoms with van der Waals surface area (Å²) in [6.07, 6.45) is 5.85. The third-order valence-electron chi connectivity index (χ3n) is 6.84. The van der Waals surface area contributed by atoms with Crippen molar-refractivity contribution in [3.63, 3.8) is 0 Å². The maximum Gasteiger partial charge on any atom is 0.241 e. The van der Waals surface area contributed by atoms with Gasteiger partial charge in [0.05, 0.1) is 6.54 Å². The van der Waals surface area contributed by atoms with Gasteiger partial charge in [-0.25, -0.2) is 0 Å². The number of likely N-dealkylation sites (N-methyl/N-ethyl adjacent to an activating group) is 1. The molecular formula is C30H50N4O3. The predicted molar refractivity (Wildman–Crippen MR) is 152 cm³/mol. The molecule has 3 rings (SSSR count). The van der Waals surface area contributed by atoms with Crippen molar-refractivity contribution in [2.24, 2.45) is 11.8 Å². The number of carbonyl (C=O) groups excluding carboxylic acids is 2. The minimum atomic E-state index is -0.461. The molecule has 0 bridgehead atoms. The number of carbonyl (C=O) groups is 2. The van der Waals surface area contributed by atoms with E-state index in [1.165, 1.54) is 5.57 Å². The van der Waals surface area contributed by atoms with Crippen LogP contribution < -0.4 is 26.0 Å². The summed E-state index contributed by atoms with van der Waals surface area (Å²) in [6, 6.07) is 7.71. The Labute approximate surface area is 224 Å². The van der Waals surface area contributed by atoms with E-state index >= 15 is 0 Å². The van der Waals surface area contributed by atoms with Gasteiger partial charge in [-0.15, -0.1) is 0 Å². The summed E-state index contributed by atoms with van der Waals surface area (Å²) in [5.41, 5.74) is 3.65. The van der Waals surface area contributed by atoms with E-state index in [1.54, 1.807) is 0 Å². The summed E-state index contributed by atoms with van der Waals surface area (Å²) in [6.45, 7) is 12.7. The number of ether oxygens (including phenoxy) is 1. The maximum absolute atomic E-state index is 13.2. The zero-order valence-corrected chi connectivity index (χ0v) is 23.9. The van der Waals surface area contributed by atoms with Gasteiger partial charge in [0.1, 0.15) is 18.4 Å². The molecule has 1 fully saturated rings. The number of fused-ring (bicyclic) bond motifs is 1. The van der Waals surface area contributed by atoms with Gasteiger partial charge in [0.25, 0.3) is 0 Å². The molecule has 4 N–H and O–H groups in total. The van der Waals surface area contributed by atoms with Crippen LogP contribution in [0.4, 0.5) is 0 Å². The number of amides is 2. The molecule has 7 heteroatoms. The van der Waals surface area contributed by atoms with E-state index in [9.17, 15) is 9.59 Å². The van der Waals surface area contributed by atoms with Gasteiger partial charge in [0.2, 0.25) is 11.8 Å². The molecule has 0 saturated heterocycles. The van der Waals surface area contributed by atoms with Crippen molar-refractivity contribution in [1.82, 2.24) is 21.3 Å². The lowest BCUT2D eigenvalue weighted by Crippen LogP contribution is -2.53. The fourth-order valence-corrected chi connectivity index (χ4v) is 4.59. The van der Waals surface area contributed by atoms with Crippen molar-refractivity contribution in [2.45, 2.75) is 85.2 Å². The van der Waals surface area contributed by atoms with Crippen LogP contribution in [0.15, 0.2) is 35.4 Å². The summed E-state index contributed by atoms with van der Waals surface area (Å²) in [7, 11) is 1.82. The Bertz CT molecular complexity index is 875. The van der Waals surface area contributed by atoms with Gasteiger partial charge in [-0.2, -0.15) is 0 Å². The lowest BCUT2D eigenvalue weighted by molar-refractivity contribution is -0.126. The van der Waals surface area contributed by atoms with Gasteiger partial charge in [-0.05, 0) is 68.2 Å². The largest absolute Gasteiger partial charge is 0.492 e. The molecule has 3 unspecified atom stereocenters. The van der Waals surface area contributed by atoms with Gasteiger partial charge in [-0.3, -0.25) is 9.59 Å². The molecule has 0 aromatic heterocycles. The Morgan fingerprint density at radius 2 is 1.70 bits per heavy atom. The summed E-state index contributed by atoms with van der Waals surface area (Å²) in [5.74, 6) is 1.78. The molecule has 2 amide bonds. The minimum Gasteiger partial charge on any atom is -0.492 e. The molecule has 1 aliphatic heterocycles. The van der Waals surface area contributed by atoms with Crippen molar-refractivity contribution in [1.29, 1.82) is 0 Å². The third kappa shape index (κ3) is 10.1. The molecule has 1 aromatic rings. The lowest BCUT2D eigenvalue weighted by Gasteiger charge is -2.36. The van der Waals surface area contributed by atoms with Crippen molar-refractivity contribution >= 4 is 11.8 Å². The second kappa shape index (κ2) is 16.5. The van der Waals surface area contributed by atoms with E-state index in [-0.39, 0.29) is 24.4 Å². The Kier molecular flexibility index (Phi) is 13.7. The number of nitrogens with one attached hydrogen (secondary N) is 4. The molecule has 37 heavy (non-hydrogen) atoms. The third-order valence-corrected chi connectivity index (χ3v) is 6.84. The molecular weight excluding hydrogens is 464 g/mol. The van der Waals surface area contributed by atoms with Crippen LogP contribution in [0.5, 0.6) is 5.75 Å². The van der Waals surface area contributed by atoms with Crippen molar-refractivity contribution in [3.05, 3.63) is 41.0 Å². The average molecular weight is 515 g/mol. The van der Waals surface area contributed by atoms with Crippen LogP contribution in [0.2, 0.25) is 0 Å². The molecule has 1 saturated carbocycles.